The smallest absolute Gasteiger partial charge is 0.125 e. The van der Waals surface area contributed by atoms with Gasteiger partial charge in [0.15, 0.2) is 0 Å². The minimum atomic E-state index is -0.239. The van der Waals surface area contributed by atoms with Gasteiger partial charge in [0.1, 0.15) is 17.7 Å². The Morgan fingerprint density at radius 3 is 2.50 bits per heavy atom. The van der Waals surface area contributed by atoms with Gasteiger partial charge in [-0.15, -0.1) is 0 Å². The molecule has 0 saturated carbocycles. The summed E-state index contributed by atoms with van der Waals surface area (Å²) < 4.78 is 21.2. The van der Waals surface area contributed by atoms with E-state index in [1.165, 1.54) is 12.1 Å². The molecule has 22 heavy (non-hydrogen) atoms. The average molecular weight is 296 g/mol. The van der Waals surface area contributed by atoms with E-state index in [1.807, 2.05) is 41.1 Å². The number of imidazole rings is 1. The lowest BCUT2D eigenvalue weighted by atomic mass is 10.1. The molecule has 3 aromatic rings. The summed E-state index contributed by atoms with van der Waals surface area (Å²) in [7, 11) is 0. The van der Waals surface area contributed by atoms with E-state index in [0.29, 0.717) is 0 Å². The number of ether oxygens (including phenoxy) is 1. The summed E-state index contributed by atoms with van der Waals surface area (Å²) in [4.78, 5) is 4.04. The van der Waals surface area contributed by atoms with Gasteiger partial charge in [0.2, 0.25) is 0 Å². The zero-order chi connectivity index (χ0) is 15.2. The number of hydrogen-bond donors (Lipinski definition) is 0. The van der Waals surface area contributed by atoms with Crippen molar-refractivity contribution in [2.24, 2.45) is 0 Å². The second kappa shape index (κ2) is 6.89. The predicted molar refractivity (Wildman–Crippen MR) is 83.1 cm³/mol. The molecule has 0 aliphatic heterocycles. The highest BCUT2D eigenvalue weighted by atomic mass is 19.1. The summed E-state index contributed by atoms with van der Waals surface area (Å²) in [6.07, 6.45) is 6.10. The Morgan fingerprint density at radius 2 is 1.82 bits per heavy atom. The molecule has 0 saturated heterocycles. The van der Waals surface area contributed by atoms with Gasteiger partial charge in [-0.2, -0.15) is 0 Å². The molecule has 4 heteroatoms. The van der Waals surface area contributed by atoms with Gasteiger partial charge in [0, 0.05) is 25.4 Å². The lowest BCUT2D eigenvalue weighted by Crippen LogP contribution is -2.11. The summed E-state index contributed by atoms with van der Waals surface area (Å²) in [5.41, 5.74) is 0.963. The second-order valence-corrected chi connectivity index (χ2v) is 5.06. The van der Waals surface area contributed by atoms with Crippen molar-refractivity contribution < 1.29 is 9.13 Å². The zero-order valence-electron chi connectivity index (χ0n) is 12.1. The van der Waals surface area contributed by atoms with Gasteiger partial charge in [0.25, 0.3) is 0 Å². The first-order chi connectivity index (χ1) is 10.8. The first kappa shape index (κ1) is 14.3. The van der Waals surface area contributed by atoms with Crippen molar-refractivity contribution in [1.82, 2.24) is 9.55 Å². The Labute approximate surface area is 129 Å². The highest BCUT2D eigenvalue weighted by Crippen LogP contribution is 2.25. The fourth-order valence-electron chi connectivity index (χ4n) is 2.32. The summed E-state index contributed by atoms with van der Waals surface area (Å²) in [6, 6.07) is 16.2. The van der Waals surface area contributed by atoms with E-state index in [4.69, 9.17) is 4.74 Å². The number of para-hydroxylation sites is 1. The largest absolute Gasteiger partial charge is 0.486 e. The maximum Gasteiger partial charge on any atom is 0.125 e. The van der Waals surface area contributed by atoms with Crippen LogP contribution in [0.3, 0.4) is 0 Å². The molecule has 3 rings (SSSR count). The minimum Gasteiger partial charge on any atom is -0.486 e. The molecule has 0 aliphatic carbocycles. The van der Waals surface area contributed by atoms with Crippen molar-refractivity contribution in [3.63, 3.8) is 0 Å². The molecule has 112 valence electrons. The number of aromatic nitrogens is 2. The predicted octanol–water partition coefficient (Wildman–Crippen LogP) is 4.23. The van der Waals surface area contributed by atoms with E-state index in [2.05, 4.69) is 4.98 Å². The van der Waals surface area contributed by atoms with Crippen LogP contribution < -0.4 is 4.74 Å². The molecular formula is C18H17FN2O. The van der Waals surface area contributed by atoms with E-state index in [0.717, 1.165) is 24.3 Å². The van der Waals surface area contributed by atoms with Crippen molar-refractivity contribution in [3.05, 3.63) is 84.7 Å². The Balaban J connectivity index is 1.76. The zero-order valence-corrected chi connectivity index (χ0v) is 12.1. The van der Waals surface area contributed by atoms with Gasteiger partial charge in [0.05, 0.1) is 6.33 Å². The lowest BCUT2D eigenvalue weighted by Gasteiger charge is -2.20. The Morgan fingerprint density at radius 1 is 1.05 bits per heavy atom. The molecule has 1 aromatic heterocycles. The molecule has 0 unspecified atom stereocenters. The maximum atomic E-state index is 13.1. The van der Waals surface area contributed by atoms with E-state index in [9.17, 15) is 4.39 Å². The highest BCUT2D eigenvalue weighted by molar-refractivity contribution is 5.24. The molecule has 1 atom stereocenters. The van der Waals surface area contributed by atoms with Gasteiger partial charge in [-0.25, -0.2) is 9.37 Å². The van der Waals surface area contributed by atoms with Crippen LogP contribution in [-0.2, 0) is 6.54 Å². The second-order valence-electron chi connectivity index (χ2n) is 5.06. The van der Waals surface area contributed by atoms with Gasteiger partial charge in [-0.3, -0.25) is 0 Å². The first-order valence-corrected chi connectivity index (χ1v) is 7.24. The highest BCUT2D eigenvalue weighted by Gasteiger charge is 2.14. The SMILES string of the molecule is Fc1ccc([C@@H](CCn2ccnc2)Oc2ccccc2)cc1. The molecular weight excluding hydrogens is 279 g/mol. The van der Waals surface area contributed by atoms with Crippen LogP contribution in [0.1, 0.15) is 18.1 Å². The van der Waals surface area contributed by atoms with Crippen LogP contribution in [0.15, 0.2) is 73.3 Å². The fraction of sp³-hybridized carbons (Fsp3) is 0.167. The Bertz CT molecular complexity index is 681. The van der Waals surface area contributed by atoms with Gasteiger partial charge < -0.3 is 9.30 Å². The van der Waals surface area contributed by atoms with Crippen LogP contribution in [0.5, 0.6) is 5.75 Å². The maximum absolute atomic E-state index is 13.1. The standard InChI is InChI=1S/C18H17FN2O/c19-16-8-6-15(7-9-16)18(10-12-21-13-11-20-14-21)22-17-4-2-1-3-5-17/h1-9,11,13-14,18H,10,12H2/t18-/m1/s1. The lowest BCUT2D eigenvalue weighted by molar-refractivity contribution is 0.188. The van der Waals surface area contributed by atoms with E-state index >= 15 is 0 Å². The van der Waals surface area contributed by atoms with E-state index in [-0.39, 0.29) is 11.9 Å². The molecule has 3 nitrogen and oxygen atoms in total. The molecule has 0 radical (unpaired) electrons. The number of aryl methyl sites for hydroxylation is 1. The van der Waals surface area contributed by atoms with Crippen LogP contribution >= 0.6 is 0 Å². The molecule has 2 aromatic carbocycles. The van der Waals surface area contributed by atoms with Crippen molar-refractivity contribution in [3.8, 4) is 5.75 Å². The first-order valence-electron chi connectivity index (χ1n) is 7.24. The third-order valence-electron chi connectivity index (χ3n) is 3.47. The van der Waals surface area contributed by atoms with E-state index in [1.54, 1.807) is 24.7 Å². The van der Waals surface area contributed by atoms with Crippen LogP contribution in [0, 0.1) is 5.82 Å². The Hall–Kier alpha value is -2.62. The van der Waals surface area contributed by atoms with Crippen molar-refractivity contribution in [1.29, 1.82) is 0 Å². The molecule has 0 aliphatic rings. The third kappa shape index (κ3) is 3.73. The molecule has 1 heterocycles. The van der Waals surface area contributed by atoms with Gasteiger partial charge in [-0.05, 0) is 29.8 Å². The molecule has 0 bridgehead atoms. The number of rotatable bonds is 6. The normalized spacial score (nSPS) is 12.0. The third-order valence-corrected chi connectivity index (χ3v) is 3.47. The van der Waals surface area contributed by atoms with Crippen LogP contribution in [-0.4, -0.2) is 9.55 Å². The van der Waals surface area contributed by atoms with Crippen molar-refractivity contribution in [2.45, 2.75) is 19.1 Å². The number of hydrogen-bond acceptors (Lipinski definition) is 2. The van der Waals surface area contributed by atoms with Gasteiger partial charge in [-0.1, -0.05) is 30.3 Å². The topological polar surface area (TPSA) is 27.1 Å². The van der Waals surface area contributed by atoms with Crippen molar-refractivity contribution >= 4 is 0 Å². The average Bonchev–Trinajstić information content (AvgIpc) is 3.07. The van der Waals surface area contributed by atoms with Crippen molar-refractivity contribution in [2.75, 3.05) is 0 Å². The van der Waals surface area contributed by atoms with Crippen LogP contribution in [0.4, 0.5) is 4.39 Å². The van der Waals surface area contributed by atoms with Crippen LogP contribution in [0.2, 0.25) is 0 Å². The molecule has 0 spiro atoms. The summed E-state index contributed by atoms with van der Waals surface area (Å²) in [6.45, 7) is 0.787. The van der Waals surface area contributed by atoms with Crippen LogP contribution in [0.25, 0.3) is 0 Å². The summed E-state index contributed by atoms with van der Waals surface area (Å²) in [5, 5.41) is 0. The molecule has 0 fully saturated rings. The minimum absolute atomic E-state index is 0.134. The Kier molecular flexibility index (Phi) is 4.49. The number of nitrogens with zero attached hydrogens (tertiary/aromatic N) is 2. The molecule has 0 amide bonds. The summed E-state index contributed by atoms with van der Waals surface area (Å²) >= 11 is 0. The molecule has 0 N–H and O–H groups in total. The monoisotopic (exact) mass is 296 g/mol. The fourth-order valence-corrected chi connectivity index (χ4v) is 2.32. The van der Waals surface area contributed by atoms with Gasteiger partial charge >= 0.3 is 0 Å². The summed E-state index contributed by atoms with van der Waals surface area (Å²) in [5.74, 6) is 0.569. The quantitative estimate of drug-likeness (QED) is 0.680. The number of halogens is 1. The van der Waals surface area contributed by atoms with E-state index < -0.39 is 0 Å². The number of benzene rings is 2.